The van der Waals surface area contributed by atoms with E-state index < -0.39 is 0 Å². The summed E-state index contributed by atoms with van der Waals surface area (Å²) in [5.74, 6) is 0. The summed E-state index contributed by atoms with van der Waals surface area (Å²) < 4.78 is 0. The Morgan fingerprint density at radius 1 is 1.22 bits per heavy atom. The molecule has 0 bridgehead atoms. The Morgan fingerprint density at radius 3 is 2.50 bits per heavy atom. The standard InChI is InChI=1S/C14H20N2.C2H6/c1-10-3-2-4-11-12(10)9-14(13(11)15)5-7-16-8-6-14;1-2/h2-4,13,16H,5-9,15H2,1H3;1-2H3. The molecule has 1 atom stereocenters. The van der Waals surface area contributed by atoms with E-state index in [1.54, 1.807) is 0 Å². The van der Waals surface area contributed by atoms with Gasteiger partial charge in [-0.05, 0) is 61.4 Å². The first-order valence-corrected chi connectivity index (χ1v) is 7.28. The number of nitrogens with two attached hydrogens (primary N) is 1. The van der Waals surface area contributed by atoms with Crippen molar-refractivity contribution in [3.8, 4) is 0 Å². The molecule has 1 aromatic carbocycles. The first-order chi connectivity index (χ1) is 8.73. The zero-order valence-corrected chi connectivity index (χ0v) is 11.9. The fraction of sp³-hybridized carbons (Fsp3) is 0.625. The molecular formula is C16H26N2. The molecular weight excluding hydrogens is 220 g/mol. The van der Waals surface area contributed by atoms with E-state index in [4.69, 9.17) is 5.73 Å². The molecule has 0 saturated carbocycles. The highest BCUT2D eigenvalue weighted by molar-refractivity contribution is 5.43. The van der Waals surface area contributed by atoms with Crippen molar-refractivity contribution < 1.29 is 0 Å². The minimum absolute atomic E-state index is 0.254. The van der Waals surface area contributed by atoms with E-state index in [9.17, 15) is 0 Å². The van der Waals surface area contributed by atoms with Crippen molar-refractivity contribution in [1.82, 2.24) is 5.32 Å². The highest BCUT2D eigenvalue weighted by atomic mass is 14.9. The lowest BCUT2D eigenvalue weighted by Gasteiger charge is -2.37. The second kappa shape index (κ2) is 5.41. The second-order valence-corrected chi connectivity index (χ2v) is 5.41. The van der Waals surface area contributed by atoms with Crippen molar-refractivity contribution in [3.05, 3.63) is 34.9 Å². The molecule has 1 unspecified atom stereocenters. The van der Waals surface area contributed by atoms with Gasteiger partial charge in [0.25, 0.3) is 0 Å². The monoisotopic (exact) mass is 246 g/mol. The van der Waals surface area contributed by atoms with E-state index in [0.717, 1.165) is 13.1 Å². The van der Waals surface area contributed by atoms with Crippen LogP contribution in [0.25, 0.3) is 0 Å². The van der Waals surface area contributed by atoms with Crippen LogP contribution in [0.4, 0.5) is 0 Å². The van der Waals surface area contributed by atoms with Gasteiger partial charge in [-0.25, -0.2) is 0 Å². The highest BCUT2D eigenvalue weighted by Crippen LogP contribution is 2.50. The summed E-state index contributed by atoms with van der Waals surface area (Å²) >= 11 is 0. The van der Waals surface area contributed by atoms with Crippen LogP contribution < -0.4 is 11.1 Å². The predicted octanol–water partition coefficient (Wildman–Crippen LogP) is 2.95. The summed E-state index contributed by atoms with van der Waals surface area (Å²) in [5.41, 5.74) is 11.2. The lowest BCUT2D eigenvalue weighted by atomic mass is 9.73. The van der Waals surface area contributed by atoms with Crippen molar-refractivity contribution in [2.45, 2.75) is 46.1 Å². The molecule has 1 aliphatic carbocycles. The zero-order chi connectivity index (χ0) is 13.2. The van der Waals surface area contributed by atoms with Crippen LogP contribution in [0.15, 0.2) is 18.2 Å². The average Bonchev–Trinajstić information content (AvgIpc) is 2.69. The molecule has 2 heteroatoms. The number of hydrogen-bond acceptors (Lipinski definition) is 2. The van der Waals surface area contributed by atoms with Crippen LogP contribution in [-0.2, 0) is 6.42 Å². The normalized spacial score (nSPS) is 24.3. The van der Waals surface area contributed by atoms with E-state index in [1.165, 1.54) is 36.0 Å². The Balaban J connectivity index is 0.000000574. The molecule has 1 saturated heterocycles. The molecule has 0 radical (unpaired) electrons. The van der Waals surface area contributed by atoms with E-state index in [-0.39, 0.29) is 6.04 Å². The summed E-state index contributed by atoms with van der Waals surface area (Å²) in [7, 11) is 0. The molecule has 1 aliphatic heterocycles. The van der Waals surface area contributed by atoms with Gasteiger partial charge in [-0.3, -0.25) is 0 Å². The fourth-order valence-electron chi connectivity index (χ4n) is 3.46. The van der Waals surface area contributed by atoms with Crippen LogP contribution in [0.1, 0.15) is 49.4 Å². The van der Waals surface area contributed by atoms with Crippen LogP contribution in [0.2, 0.25) is 0 Å². The van der Waals surface area contributed by atoms with E-state index in [2.05, 4.69) is 30.4 Å². The highest BCUT2D eigenvalue weighted by Gasteiger charge is 2.44. The summed E-state index contributed by atoms with van der Waals surface area (Å²) in [4.78, 5) is 0. The first kappa shape index (κ1) is 13.6. The van der Waals surface area contributed by atoms with Gasteiger partial charge < -0.3 is 11.1 Å². The maximum Gasteiger partial charge on any atom is 0.0359 e. The smallest absolute Gasteiger partial charge is 0.0359 e. The third-order valence-electron chi connectivity index (χ3n) is 4.57. The Morgan fingerprint density at radius 2 is 1.89 bits per heavy atom. The molecule has 1 heterocycles. The van der Waals surface area contributed by atoms with Gasteiger partial charge in [0.05, 0.1) is 0 Å². The number of benzene rings is 1. The lowest BCUT2D eigenvalue weighted by Crippen LogP contribution is -2.42. The zero-order valence-electron chi connectivity index (χ0n) is 11.9. The van der Waals surface area contributed by atoms with Gasteiger partial charge in [0.2, 0.25) is 0 Å². The third kappa shape index (κ3) is 2.08. The Bertz CT molecular complexity index is 406. The summed E-state index contributed by atoms with van der Waals surface area (Å²) in [6.07, 6.45) is 3.64. The average molecular weight is 246 g/mol. The maximum absolute atomic E-state index is 6.50. The largest absolute Gasteiger partial charge is 0.323 e. The Labute approximate surface area is 111 Å². The molecule has 3 N–H and O–H groups in total. The molecule has 2 nitrogen and oxygen atoms in total. The number of rotatable bonds is 0. The van der Waals surface area contributed by atoms with Crippen LogP contribution in [0, 0.1) is 12.3 Å². The first-order valence-electron chi connectivity index (χ1n) is 7.28. The van der Waals surface area contributed by atoms with Crippen LogP contribution in [0.3, 0.4) is 0 Å². The molecule has 0 aromatic heterocycles. The van der Waals surface area contributed by atoms with Gasteiger partial charge in [0.15, 0.2) is 0 Å². The molecule has 18 heavy (non-hydrogen) atoms. The van der Waals surface area contributed by atoms with Crippen molar-refractivity contribution >= 4 is 0 Å². The Hall–Kier alpha value is -0.860. The quantitative estimate of drug-likeness (QED) is 0.738. The number of piperidine rings is 1. The Kier molecular flexibility index (Phi) is 4.08. The third-order valence-corrected chi connectivity index (χ3v) is 4.57. The molecule has 0 amide bonds. The maximum atomic E-state index is 6.50. The second-order valence-electron chi connectivity index (χ2n) is 5.41. The number of aryl methyl sites for hydroxylation is 1. The SMILES string of the molecule is CC.Cc1cccc2c1CC1(CCNCC1)C2N. The number of nitrogens with one attached hydrogen (secondary N) is 1. The topological polar surface area (TPSA) is 38.0 Å². The summed E-state index contributed by atoms with van der Waals surface area (Å²) in [5, 5.41) is 3.44. The van der Waals surface area contributed by atoms with Gasteiger partial charge >= 0.3 is 0 Å². The molecule has 1 fully saturated rings. The molecule has 1 spiro atoms. The minimum Gasteiger partial charge on any atom is -0.323 e. The van der Waals surface area contributed by atoms with Gasteiger partial charge in [-0.2, -0.15) is 0 Å². The molecule has 3 rings (SSSR count). The molecule has 1 aromatic rings. The van der Waals surface area contributed by atoms with Crippen molar-refractivity contribution in [2.24, 2.45) is 11.1 Å². The fourth-order valence-corrected chi connectivity index (χ4v) is 3.46. The van der Waals surface area contributed by atoms with E-state index >= 15 is 0 Å². The van der Waals surface area contributed by atoms with Crippen molar-refractivity contribution in [1.29, 1.82) is 0 Å². The van der Waals surface area contributed by atoms with Crippen LogP contribution in [0.5, 0.6) is 0 Å². The van der Waals surface area contributed by atoms with Crippen LogP contribution >= 0.6 is 0 Å². The van der Waals surface area contributed by atoms with E-state index in [1.807, 2.05) is 13.8 Å². The van der Waals surface area contributed by atoms with Crippen molar-refractivity contribution in [2.75, 3.05) is 13.1 Å². The van der Waals surface area contributed by atoms with Gasteiger partial charge in [0.1, 0.15) is 0 Å². The van der Waals surface area contributed by atoms with Gasteiger partial charge in [0, 0.05) is 6.04 Å². The molecule has 2 aliphatic rings. The van der Waals surface area contributed by atoms with Gasteiger partial charge in [-0.1, -0.05) is 32.0 Å². The summed E-state index contributed by atoms with van der Waals surface area (Å²) in [6.45, 7) is 8.47. The number of fused-ring (bicyclic) bond motifs is 1. The van der Waals surface area contributed by atoms with Crippen LogP contribution in [-0.4, -0.2) is 13.1 Å². The lowest BCUT2D eigenvalue weighted by molar-refractivity contribution is 0.174. The predicted molar refractivity (Wildman–Crippen MR) is 77.7 cm³/mol. The number of hydrogen-bond donors (Lipinski definition) is 2. The van der Waals surface area contributed by atoms with Gasteiger partial charge in [-0.15, -0.1) is 0 Å². The van der Waals surface area contributed by atoms with Crippen molar-refractivity contribution in [3.63, 3.8) is 0 Å². The summed E-state index contributed by atoms with van der Waals surface area (Å²) in [6, 6.07) is 6.84. The minimum atomic E-state index is 0.254. The van der Waals surface area contributed by atoms with E-state index in [0.29, 0.717) is 5.41 Å². The molecule has 100 valence electrons.